The molecule has 1 aliphatic heterocycles. The van der Waals surface area contributed by atoms with Crippen LogP contribution in [0.4, 0.5) is 11.4 Å². The van der Waals surface area contributed by atoms with Gasteiger partial charge in [-0.1, -0.05) is 29.8 Å². The van der Waals surface area contributed by atoms with E-state index >= 15 is 0 Å². The van der Waals surface area contributed by atoms with E-state index in [-0.39, 0.29) is 0 Å². The second-order valence-electron chi connectivity index (χ2n) is 5.00. The standard InChI is InChI=1S/C16H17ClN2/c1-19-8-7-13-9-12(5-6-16(13)19)11-18-15-4-2-3-14(17)10-15/h2-6,9-10,18H,7-8,11H2,1H3. The van der Waals surface area contributed by atoms with E-state index in [9.17, 15) is 0 Å². The Morgan fingerprint density at radius 1 is 1.21 bits per heavy atom. The maximum atomic E-state index is 5.97. The molecule has 0 atom stereocenters. The maximum Gasteiger partial charge on any atom is 0.0426 e. The molecule has 0 radical (unpaired) electrons. The summed E-state index contributed by atoms with van der Waals surface area (Å²) in [5, 5.41) is 4.17. The highest BCUT2D eigenvalue weighted by atomic mass is 35.5. The van der Waals surface area contributed by atoms with E-state index in [4.69, 9.17) is 11.6 Å². The first-order valence-electron chi connectivity index (χ1n) is 6.55. The molecular weight excluding hydrogens is 256 g/mol. The molecule has 0 bridgehead atoms. The summed E-state index contributed by atoms with van der Waals surface area (Å²) in [4.78, 5) is 2.31. The quantitative estimate of drug-likeness (QED) is 0.910. The Balaban J connectivity index is 1.71. The molecular formula is C16H17ClN2. The van der Waals surface area contributed by atoms with Gasteiger partial charge in [0, 0.05) is 36.5 Å². The minimum Gasteiger partial charge on any atom is -0.381 e. The first-order chi connectivity index (χ1) is 9.22. The van der Waals surface area contributed by atoms with Gasteiger partial charge in [0.25, 0.3) is 0 Å². The van der Waals surface area contributed by atoms with Gasteiger partial charge in [-0.2, -0.15) is 0 Å². The van der Waals surface area contributed by atoms with Crippen molar-refractivity contribution in [3.63, 3.8) is 0 Å². The van der Waals surface area contributed by atoms with Crippen molar-refractivity contribution in [1.82, 2.24) is 0 Å². The SMILES string of the molecule is CN1CCc2cc(CNc3cccc(Cl)c3)ccc21. The summed E-state index contributed by atoms with van der Waals surface area (Å²) in [7, 11) is 2.15. The van der Waals surface area contributed by atoms with Crippen molar-refractivity contribution in [2.75, 3.05) is 23.8 Å². The van der Waals surface area contributed by atoms with Crippen molar-refractivity contribution in [3.05, 3.63) is 58.6 Å². The highest BCUT2D eigenvalue weighted by Crippen LogP contribution is 2.27. The predicted molar refractivity (Wildman–Crippen MR) is 82.2 cm³/mol. The van der Waals surface area contributed by atoms with Gasteiger partial charge in [0.2, 0.25) is 0 Å². The average molecular weight is 273 g/mol. The van der Waals surface area contributed by atoms with Crippen molar-refractivity contribution < 1.29 is 0 Å². The second-order valence-corrected chi connectivity index (χ2v) is 5.43. The lowest BCUT2D eigenvalue weighted by atomic mass is 10.1. The van der Waals surface area contributed by atoms with Crippen molar-refractivity contribution in [2.24, 2.45) is 0 Å². The monoisotopic (exact) mass is 272 g/mol. The largest absolute Gasteiger partial charge is 0.381 e. The Hall–Kier alpha value is -1.67. The van der Waals surface area contributed by atoms with Crippen LogP contribution in [0.25, 0.3) is 0 Å². The van der Waals surface area contributed by atoms with Crippen molar-refractivity contribution >= 4 is 23.0 Å². The number of rotatable bonds is 3. The molecule has 0 amide bonds. The molecule has 1 N–H and O–H groups in total. The number of benzene rings is 2. The van der Waals surface area contributed by atoms with Crippen LogP contribution >= 0.6 is 11.6 Å². The van der Waals surface area contributed by atoms with Crippen LogP contribution in [0.5, 0.6) is 0 Å². The van der Waals surface area contributed by atoms with Gasteiger partial charge in [-0.05, 0) is 41.8 Å². The summed E-state index contributed by atoms with van der Waals surface area (Å²) in [6.07, 6.45) is 1.15. The summed E-state index contributed by atoms with van der Waals surface area (Å²) in [6.45, 7) is 1.96. The Labute approximate surface area is 119 Å². The zero-order valence-electron chi connectivity index (χ0n) is 11.0. The van der Waals surface area contributed by atoms with Gasteiger partial charge in [-0.25, -0.2) is 0 Å². The van der Waals surface area contributed by atoms with Crippen LogP contribution < -0.4 is 10.2 Å². The van der Waals surface area contributed by atoms with Gasteiger partial charge in [0.1, 0.15) is 0 Å². The van der Waals surface area contributed by atoms with Gasteiger partial charge in [0.15, 0.2) is 0 Å². The van der Waals surface area contributed by atoms with Gasteiger partial charge >= 0.3 is 0 Å². The lowest BCUT2D eigenvalue weighted by Gasteiger charge is -2.12. The highest BCUT2D eigenvalue weighted by molar-refractivity contribution is 6.30. The van der Waals surface area contributed by atoms with E-state index in [0.717, 1.165) is 30.2 Å². The Morgan fingerprint density at radius 2 is 2.11 bits per heavy atom. The molecule has 3 heteroatoms. The molecule has 0 unspecified atom stereocenters. The molecule has 3 rings (SSSR count). The fourth-order valence-corrected chi connectivity index (χ4v) is 2.72. The normalized spacial score (nSPS) is 13.5. The molecule has 2 aromatic carbocycles. The zero-order chi connectivity index (χ0) is 13.2. The van der Waals surface area contributed by atoms with E-state index in [2.05, 4.69) is 35.5 Å². The predicted octanol–water partition coefficient (Wildman–Crippen LogP) is 3.94. The molecule has 0 saturated heterocycles. The van der Waals surface area contributed by atoms with E-state index < -0.39 is 0 Å². The molecule has 0 saturated carbocycles. The molecule has 0 aliphatic carbocycles. The van der Waals surface area contributed by atoms with Crippen LogP contribution in [-0.2, 0) is 13.0 Å². The topological polar surface area (TPSA) is 15.3 Å². The second kappa shape index (κ2) is 5.14. The summed E-state index contributed by atoms with van der Waals surface area (Å²) in [5.41, 5.74) is 5.19. The fraction of sp³-hybridized carbons (Fsp3) is 0.250. The van der Waals surface area contributed by atoms with Crippen molar-refractivity contribution in [2.45, 2.75) is 13.0 Å². The molecule has 19 heavy (non-hydrogen) atoms. The van der Waals surface area contributed by atoms with Crippen LogP contribution in [0.3, 0.4) is 0 Å². The Bertz CT molecular complexity index is 595. The van der Waals surface area contributed by atoms with Crippen LogP contribution in [0.15, 0.2) is 42.5 Å². The first-order valence-corrected chi connectivity index (χ1v) is 6.92. The minimum atomic E-state index is 0.764. The molecule has 0 spiro atoms. The van der Waals surface area contributed by atoms with Crippen LogP contribution in [0.2, 0.25) is 5.02 Å². The average Bonchev–Trinajstić information content (AvgIpc) is 2.78. The lowest BCUT2D eigenvalue weighted by molar-refractivity contribution is 0.955. The van der Waals surface area contributed by atoms with Crippen LogP contribution in [0.1, 0.15) is 11.1 Å². The number of fused-ring (bicyclic) bond motifs is 1. The van der Waals surface area contributed by atoms with Gasteiger partial charge in [-0.15, -0.1) is 0 Å². The molecule has 1 aliphatic rings. The zero-order valence-corrected chi connectivity index (χ0v) is 11.7. The van der Waals surface area contributed by atoms with Gasteiger partial charge in [-0.3, -0.25) is 0 Å². The third-order valence-corrected chi connectivity index (χ3v) is 3.83. The molecule has 1 heterocycles. The van der Waals surface area contributed by atoms with Crippen LogP contribution in [0, 0.1) is 0 Å². The van der Waals surface area contributed by atoms with E-state index in [1.165, 1.54) is 16.8 Å². The number of halogens is 1. The fourth-order valence-electron chi connectivity index (χ4n) is 2.53. The minimum absolute atomic E-state index is 0.764. The summed E-state index contributed by atoms with van der Waals surface area (Å²) in [5.74, 6) is 0. The van der Waals surface area contributed by atoms with E-state index in [1.54, 1.807) is 0 Å². The summed E-state index contributed by atoms with van der Waals surface area (Å²) in [6, 6.07) is 14.5. The van der Waals surface area contributed by atoms with E-state index in [1.807, 2.05) is 24.3 Å². The van der Waals surface area contributed by atoms with Crippen molar-refractivity contribution in [3.8, 4) is 0 Å². The smallest absolute Gasteiger partial charge is 0.0426 e. The molecule has 0 aromatic heterocycles. The number of hydrogen-bond donors (Lipinski definition) is 1. The van der Waals surface area contributed by atoms with Gasteiger partial charge in [0.05, 0.1) is 0 Å². The Morgan fingerprint density at radius 3 is 2.95 bits per heavy atom. The lowest BCUT2D eigenvalue weighted by Crippen LogP contribution is -2.12. The first kappa shape index (κ1) is 12.4. The molecule has 0 fully saturated rings. The maximum absolute atomic E-state index is 5.97. The third kappa shape index (κ3) is 2.69. The van der Waals surface area contributed by atoms with Crippen LogP contribution in [-0.4, -0.2) is 13.6 Å². The number of nitrogens with one attached hydrogen (secondary N) is 1. The number of likely N-dealkylation sites (N-methyl/N-ethyl adjacent to an activating group) is 1. The molecule has 2 aromatic rings. The molecule has 2 nitrogen and oxygen atoms in total. The van der Waals surface area contributed by atoms with Gasteiger partial charge < -0.3 is 10.2 Å². The van der Waals surface area contributed by atoms with Crippen molar-refractivity contribution in [1.29, 1.82) is 0 Å². The number of anilines is 2. The van der Waals surface area contributed by atoms with E-state index in [0.29, 0.717) is 0 Å². The third-order valence-electron chi connectivity index (χ3n) is 3.59. The summed E-state index contributed by atoms with van der Waals surface area (Å²) < 4.78 is 0. The highest BCUT2D eigenvalue weighted by Gasteiger charge is 2.15. The Kier molecular flexibility index (Phi) is 3.34. The summed E-state index contributed by atoms with van der Waals surface area (Å²) >= 11 is 5.97. The number of hydrogen-bond acceptors (Lipinski definition) is 2. The number of nitrogens with zero attached hydrogens (tertiary/aromatic N) is 1. The molecule has 98 valence electrons.